The number of hydrogen-bond acceptors (Lipinski definition) is 2. The van der Waals surface area contributed by atoms with Crippen LogP contribution in [0.3, 0.4) is 0 Å². The molecule has 0 radical (unpaired) electrons. The summed E-state index contributed by atoms with van der Waals surface area (Å²) in [7, 11) is 0. The lowest BCUT2D eigenvalue weighted by Crippen LogP contribution is -2.27. The molecule has 1 aromatic carbocycles. The Bertz CT molecular complexity index is 635. The van der Waals surface area contributed by atoms with Crippen LogP contribution in [0.15, 0.2) is 30.5 Å². The standard InChI is InChI=1S/C14H12N2O2/c1-2-6-15-14(18)9-16-7-5-12-4-3-11(10-17)8-13(12)16/h1,3-5,7-8,10H,6,9H2,(H,15,18). The average molecular weight is 240 g/mol. The molecule has 4 nitrogen and oxygen atoms in total. The van der Waals surface area contributed by atoms with Gasteiger partial charge >= 0.3 is 0 Å². The van der Waals surface area contributed by atoms with E-state index in [0.29, 0.717) is 5.56 Å². The van der Waals surface area contributed by atoms with Crippen LogP contribution in [-0.2, 0) is 11.3 Å². The third-order valence-electron chi connectivity index (χ3n) is 2.64. The third-order valence-corrected chi connectivity index (χ3v) is 2.64. The van der Waals surface area contributed by atoms with Crippen LogP contribution in [0.2, 0.25) is 0 Å². The van der Waals surface area contributed by atoms with E-state index in [1.807, 2.05) is 18.3 Å². The van der Waals surface area contributed by atoms with Gasteiger partial charge in [-0.15, -0.1) is 6.42 Å². The summed E-state index contributed by atoms with van der Waals surface area (Å²) in [5.41, 5.74) is 1.45. The van der Waals surface area contributed by atoms with E-state index >= 15 is 0 Å². The summed E-state index contributed by atoms with van der Waals surface area (Å²) in [6, 6.07) is 7.27. The zero-order valence-corrected chi connectivity index (χ0v) is 9.72. The number of carbonyl (C=O) groups is 2. The molecule has 1 N–H and O–H groups in total. The lowest BCUT2D eigenvalue weighted by atomic mass is 10.2. The Kier molecular flexibility index (Phi) is 3.44. The molecule has 0 spiro atoms. The fourth-order valence-electron chi connectivity index (χ4n) is 1.77. The van der Waals surface area contributed by atoms with E-state index in [1.165, 1.54) is 0 Å². The quantitative estimate of drug-likeness (QED) is 0.645. The predicted octanol–water partition coefficient (Wildman–Crippen LogP) is 1.20. The van der Waals surface area contributed by atoms with Crippen LogP contribution in [-0.4, -0.2) is 23.3 Å². The second kappa shape index (κ2) is 5.19. The SMILES string of the molecule is C#CCNC(=O)Cn1ccc2ccc(C=O)cc21. The summed E-state index contributed by atoms with van der Waals surface area (Å²) in [6.07, 6.45) is 7.67. The number of carbonyl (C=O) groups excluding carboxylic acids is 2. The molecular formula is C14H12N2O2. The van der Waals surface area contributed by atoms with Crippen molar-refractivity contribution in [1.29, 1.82) is 0 Å². The molecule has 0 saturated heterocycles. The van der Waals surface area contributed by atoms with Crippen molar-refractivity contribution < 1.29 is 9.59 Å². The first-order valence-corrected chi connectivity index (χ1v) is 5.49. The van der Waals surface area contributed by atoms with Crippen molar-refractivity contribution in [3.8, 4) is 12.3 Å². The molecule has 1 amide bonds. The fraction of sp³-hybridized carbons (Fsp3) is 0.143. The lowest BCUT2D eigenvalue weighted by Gasteiger charge is -2.05. The Balaban J connectivity index is 2.25. The molecule has 0 bridgehead atoms. The Morgan fingerprint density at radius 2 is 2.28 bits per heavy atom. The zero-order chi connectivity index (χ0) is 13.0. The number of hydrogen-bond donors (Lipinski definition) is 1. The molecule has 0 unspecified atom stereocenters. The second-order valence-electron chi connectivity index (χ2n) is 3.86. The van der Waals surface area contributed by atoms with Gasteiger partial charge in [-0.05, 0) is 17.5 Å². The largest absolute Gasteiger partial charge is 0.344 e. The van der Waals surface area contributed by atoms with Crippen LogP contribution in [0.25, 0.3) is 10.9 Å². The number of fused-ring (bicyclic) bond motifs is 1. The van der Waals surface area contributed by atoms with Gasteiger partial charge in [-0.2, -0.15) is 0 Å². The monoisotopic (exact) mass is 240 g/mol. The van der Waals surface area contributed by atoms with Gasteiger partial charge in [0.1, 0.15) is 12.8 Å². The highest BCUT2D eigenvalue weighted by Gasteiger charge is 2.06. The van der Waals surface area contributed by atoms with E-state index < -0.39 is 0 Å². The first kappa shape index (κ1) is 11.9. The first-order valence-electron chi connectivity index (χ1n) is 5.49. The molecule has 4 heteroatoms. The van der Waals surface area contributed by atoms with Crippen LogP contribution >= 0.6 is 0 Å². The van der Waals surface area contributed by atoms with Gasteiger partial charge in [-0.25, -0.2) is 0 Å². The second-order valence-corrected chi connectivity index (χ2v) is 3.86. The molecule has 1 heterocycles. The van der Waals surface area contributed by atoms with Gasteiger partial charge in [0.05, 0.1) is 6.54 Å². The molecular weight excluding hydrogens is 228 g/mol. The van der Waals surface area contributed by atoms with E-state index in [-0.39, 0.29) is 19.0 Å². The van der Waals surface area contributed by atoms with Gasteiger partial charge in [-0.1, -0.05) is 18.1 Å². The molecule has 18 heavy (non-hydrogen) atoms. The Morgan fingerprint density at radius 3 is 3.00 bits per heavy atom. The predicted molar refractivity (Wildman–Crippen MR) is 69.2 cm³/mol. The maximum atomic E-state index is 11.6. The molecule has 1 aromatic heterocycles. The smallest absolute Gasteiger partial charge is 0.240 e. The number of aromatic nitrogens is 1. The first-order chi connectivity index (χ1) is 8.74. The minimum atomic E-state index is -0.151. The molecule has 2 rings (SSSR count). The minimum Gasteiger partial charge on any atom is -0.344 e. The normalized spacial score (nSPS) is 9.94. The van der Waals surface area contributed by atoms with Crippen molar-refractivity contribution >= 4 is 23.1 Å². The van der Waals surface area contributed by atoms with Crippen molar-refractivity contribution in [2.24, 2.45) is 0 Å². The van der Waals surface area contributed by atoms with Gasteiger partial charge in [-0.3, -0.25) is 9.59 Å². The molecule has 90 valence electrons. The Labute approximate surface area is 105 Å². The number of rotatable bonds is 4. The van der Waals surface area contributed by atoms with E-state index in [2.05, 4.69) is 11.2 Å². The number of nitrogens with zero attached hydrogens (tertiary/aromatic N) is 1. The Hall–Kier alpha value is -2.54. The van der Waals surface area contributed by atoms with Crippen molar-refractivity contribution in [2.45, 2.75) is 6.54 Å². The van der Waals surface area contributed by atoms with Crippen molar-refractivity contribution in [3.05, 3.63) is 36.0 Å². The number of nitrogens with one attached hydrogen (secondary N) is 1. The lowest BCUT2D eigenvalue weighted by molar-refractivity contribution is -0.121. The van der Waals surface area contributed by atoms with E-state index in [9.17, 15) is 9.59 Å². The summed E-state index contributed by atoms with van der Waals surface area (Å²) in [5, 5.41) is 3.59. The van der Waals surface area contributed by atoms with Crippen LogP contribution in [0.4, 0.5) is 0 Å². The topological polar surface area (TPSA) is 51.1 Å². The van der Waals surface area contributed by atoms with Gasteiger partial charge in [0.15, 0.2) is 0 Å². The zero-order valence-electron chi connectivity index (χ0n) is 9.72. The highest BCUT2D eigenvalue weighted by atomic mass is 16.1. The number of terminal acetylenes is 1. The molecule has 0 fully saturated rings. The van der Waals surface area contributed by atoms with Crippen LogP contribution in [0.1, 0.15) is 10.4 Å². The maximum Gasteiger partial charge on any atom is 0.240 e. The van der Waals surface area contributed by atoms with E-state index in [0.717, 1.165) is 17.2 Å². The van der Waals surface area contributed by atoms with Gasteiger partial charge in [0.25, 0.3) is 0 Å². The molecule has 2 aromatic rings. The number of benzene rings is 1. The summed E-state index contributed by atoms with van der Waals surface area (Å²) in [5.74, 6) is 2.20. The molecule has 0 saturated carbocycles. The van der Waals surface area contributed by atoms with E-state index in [4.69, 9.17) is 6.42 Å². The van der Waals surface area contributed by atoms with E-state index in [1.54, 1.807) is 16.7 Å². The number of aldehydes is 1. The Morgan fingerprint density at radius 1 is 1.44 bits per heavy atom. The van der Waals surface area contributed by atoms with Gasteiger partial charge in [0, 0.05) is 17.3 Å². The molecule has 0 aliphatic carbocycles. The van der Waals surface area contributed by atoms with Crippen molar-refractivity contribution in [1.82, 2.24) is 9.88 Å². The summed E-state index contributed by atoms with van der Waals surface area (Å²) in [6.45, 7) is 0.408. The molecule has 0 aliphatic rings. The summed E-state index contributed by atoms with van der Waals surface area (Å²) < 4.78 is 1.79. The van der Waals surface area contributed by atoms with Crippen molar-refractivity contribution in [2.75, 3.05) is 6.54 Å². The van der Waals surface area contributed by atoms with Crippen LogP contribution in [0, 0.1) is 12.3 Å². The summed E-state index contributed by atoms with van der Waals surface area (Å²) >= 11 is 0. The third kappa shape index (κ3) is 2.41. The maximum absolute atomic E-state index is 11.6. The van der Waals surface area contributed by atoms with Gasteiger partial charge < -0.3 is 9.88 Å². The van der Waals surface area contributed by atoms with Crippen LogP contribution < -0.4 is 5.32 Å². The number of amides is 1. The fourth-order valence-corrected chi connectivity index (χ4v) is 1.77. The van der Waals surface area contributed by atoms with Crippen LogP contribution in [0.5, 0.6) is 0 Å². The minimum absolute atomic E-state index is 0.151. The summed E-state index contributed by atoms with van der Waals surface area (Å²) in [4.78, 5) is 22.3. The highest BCUT2D eigenvalue weighted by Crippen LogP contribution is 2.16. The molecule has 0 atom stereocenters. The van der Waals surface area contributed by atoms with Gasteiger partial charge in [0.2, 0.25) is 5.91 Å². The van der Waals surface area contributed by atoms with Crippen molar-refractivity contribution in [3.63, 3.8) is 0 Å². The highest BCUT2D eigenvalue weighted by molar-refractivity contribution is 5.88. The average Bonchev–Trinajstić information content (AvgIpc) is 2.78. The molecule has 0 aliphatic heterocycles.